The van der Waals surface area contributed by atoms with E-state index in [1.54, 1.807) is 36.4 Å². The minimum atomic E-state index is -3.67. The maximum Gasteiger partial charge on any atom is 0.263 e. The SMILES string of the molecule is Cc1ccc(S(=O)(=O)Nc2ccc(NCCCc3ccccc3)nn2)cc1. The number of aryl methyl sites for hydroxylation is 2. The number of nitrogens with zero attached hydrogens (tertiary/aromatic N) is 2. The van der Waals surface area contributed by atoms with Gasteiger partial charge >= 0.3 is 0 Å². The highest BCUT2D eigenvalue weighted by Crippen LogP contribution is 2.15. The molecule has 7 heteroatoms. The largest absolute Gasteiger partial charge is 0.369 e. The first-order valence-electron chi connectivity index (χ1n) is 8.74. The predicted octanol–water partition coefficient (Wildman–Crippen LogP) is 3.63. The van der Waals surface area contributed by atoms with Crippen LogP contribution in [0, 0.1) is 6.92 Å². The van der Waals surface area contributed by atoms with Gasteiger partial charge in [0.2, 0.25) is 0 Å². The molecule has 0 bridgehead atoms. The van der Waals surface area contributed by atoms with Crippen molar-refractivity contribution in [2.24, 2.45) is 0 Å². The van der Waals surface area contributed by atoms with Gasteiger partial charge in [0.15, 0.2) is 5.82 Å². The van der Waals surface area contributed by atoms with Crippen LogP contribution in [0.5, 0.6) is 0 Å². The summed E-state index contributed by atoms with van der Waals surface area (Å²) in [6, 6.07) is 20.2. The number of aromatic nitrogens is 2. The standard InChI is InChI=1S/C20H22N4O2S/c1-16-9-11-18(12-10-16)27(25,26)24-20-14-13-19(22-23-20)21-15-5-8-17-6-3-2-4-7-17/h2-4,6-7,9-14H,5,8,15H2,1H3,(H,21,22)(H,23,24). The van der Waals surface area contributed by atoms with Crippen LogP contribution in [-0.4, -0.2) is 25.2 Å². The third-order valence-corrected chi connectivity index (χ3v) is 5.40. The van der Waals surface area contributed by atoms with E-state index in [9.17, 15) is 8.42 Å². The molecule has 2 aromatic carbocycles. The lowest BCUT2D eigenvalue weighted by Crippen LogP contribution is -2.14. The first-order valence-corrected chi connectivity index (χ1v) is 10.2. The molecule has 1 heterocycles. The quantitative estimate of drug-likeness (QED) is 0.581. The van der Waals surface area contributed by atoms with E-state index in [1.165, 1.54) is 5.56 Å². The summed E-state index contributed by atoms with van der Waals surface area (Å²) in [4.78, 5) is 0.193. The van der Waals surface area contributed by atoms with Gasteiger partial charge in [-0.05, 0) is 49.6 Å². The third kappa shape index (κ3) is 5.52. The summed E-state index contributed by atoms with van der Waals surface area (Å²) < 4.78 is 27.1. The van der Waals surface area contributed by atoms with E-state index in [2.05, 4.69) is 32.4 Å². The summed E-state index contributed by atoms with van der Waals surface area (Å²) in [5.74, 6) is 0.798. The molecule has 3 aromatic rings. The van der Waals surface area contributed by atoms with Crippen LogP contribution in [0.3, 0.4) is 0 Å². The van der Waals surface area contributed by atoms with Crippen molar-refractivity contribution in [2.45, 2.75) is 24.7 Å². The van der Waals surface area contributed by atoms with Gasteiger partial charge in [0.05, 0.1) is 4.90 Å². The Hall–Kier alpha value is -2.93. The second kappa shape index (κ2) is 8.64. The van der Waals surface area contributed by atoms with Gasteiger partial charge in [-0.2, -0.15) is 0 Å². The molecule has 0 saturated carbocycles. The van der Waals surface area contributed by atoms with Gasteiger partial charge in [-0.25, -0.2) is 8.42 Å². The summed E-state index contributed by atoms with van der Waals surface area (Å²) >= 11 is 0. The van der Waals surface area contributed by atoms with Gasteiger partial charge in [0, 0.05) is 6.54 Å². The molecule has 140 valence electrons. The Morgan fingerprint density at radius 1 is 0.852 bits per heavy atom. The van der Waals surface area contributed by atoms with Crippen LogP contribution in [0.4, 0.5) is 11.6 Å². The molecule has 0 atom stereocenters. The average Bonchev–Trinajstić information content (AvgIpc) is 2.67. The lowest BCUT2D eigenvalue weighted by molar-refractivity contribution is 0.601. The summed E-state index contributed by atoms with van der Waals surface area (Å²) in [5, 5.41) is 11.2. The normalized spacial score (nSPS) is 11.1. The van der Waals surface area contributed by atoms with Crippen molar-refractivity contribution in [2.75, 3.05) is 16.6 Å². The Morgan fingerprint density at radius 2 is 1.52 bits per heavy atom. The van der Waals surface area contributed by atoms with E-state index in [0.29, 0.717) is 5.82 Å². The Kier molecular flexibility index (Phi) is 6.03. The van der Waals surface area contributed by atoms with Crippen LogP contribution >= 0.6 is 0 Å². The lowest BCUT2D eigenvalue weighted by atomic mass is 10.1. The van der Waals surface area contributed by atoms with Gasteiger partial charge in [0.1, 0.15) is 5.82 Å². The molecule has 2 N–H and O–H groups in total. The van der Waals surface area contributed by atoms with Crippen molar-refractivity contribution >= 4 is 21.7 Å². The van der Waals surface area contributed by atoms with Crippen LogP contribution in [0.1, 0.15) is 17.5 Å². The molecular formula is C20H22N4O2S. The van der Waals surface area contributed by atoms with Crippen LogP contribution in [-0.2, 0) is 16.4 Å². The number of hydrogen-bond acceptors (Lipinski definition) is 5. The average molecular weight is 382 g/mol. The van der Waals surface area contributed by atoms with E-state index < -0.39 is 10.0 Å². The van der Waals surface area contributed by atoms with Gasteiger partial charge in [0.25, 0.3) is 10.0 Å². The smallest absolute Gasteiger partial charge is 0.263 e. The van der Waals surface area contributed by atoms with Crippen LogP contribution in [0.25, 0.3) is 0 Å². The molecule has 3 rings (SSSR count). The summed E-state index contributed by atoms with van der Waals surface area (Å²) in [7, 11) is -3.67. The highest BCUT2D eigenvalue weighted by Gasteiger charge is 2.14. The summed E-state index contributed by atoms with van der Waals surface area (Å²) in [5.41, 5.74) is 2.29. The van der Waals surface area contributed by atoms with E-state index in [-0.39, 0.29) is 10.7 Å². The van der Waals surface area contributed by atoms with Gasteiger partial charge in [-0.3, -0.25) is 4.72 Å². The van der Waals surface area contributed by atoms with Gasteiger partial charge < -0.3 is 5.32 Å². The maximum absolute atomic E-state index is 12.3. The Morgan fingerprint density at radius 3 is 2.19 bits per heavy atom. The Labute approximate surface area is 159 Å². The molecule has 0 saturated heterocycles. The second-order valence-corrected chi connectivity index (χ2v) is 7.92. The molecule has 0 spiro atoms. The zero-order chi connectivity index (χ0) is 19.1. The zero-order valence-corrected chi connectivity index (χ0v) is 15.9. The first kappa shape index (κ1) is 18.8. The fraction of sp³-hybridized carbons (Fsp3) is 0.200. The lowest BCUT2D eigenvalue weighted by Gasteiger charge is -2.08. The van der Waals surface area contributed by atoms with Crippen LogP contribution in [0.15, 0.2) is 71.6 Å². The fourth-order valence-corrected chi connectivity index (χ4v) is 3.55. The molecule has 0 amide bonds. The Balaban J connectivity index is 1.51. The molecule has 0 radical (unpaired) electrons. The molecule has 0 aliphatic rings. The van der Waals surface area contributed by atoms with E-state index in [0.717, 1.165) is 24.9 Å². The zero-order valence-electron chi connectivity index (χ0n) is 15.1. The van der Waals surface area contributed by atoms with Crippen molar-refractivity contribution < 1.29 is 8.42 Å². The Bertz CT molecular complexity index is 957. The molecule has 0 fully saturated rings. The highest BCUT2D eigenvalue weighted by atomic mass is 32.2. The second-order valence-electron chi connectivity index (χ2n) is 6.24. The number of hydrogen-bond donors (Lipinski definition) is 2. The van der Waals surface area contributed by atoms with Crippen LogP contribution < -0.4 is 10.0 Å². The van der Waals surface area contributed by atoms with Crippen LogP contribution in [0.2, 0.25) is 0 Å². The highest BCUT2D eigenvalue weighted by molar-refractivity contribution is 7.92. The van der Waals surface area contributed by atoms with Gasteiger partial charge in [-0.15, -0.1) is 10.2 Å². The molecule has 27 heavy (non-hydrogen) atoms. The van der Waals surface area contributed by atoms with E-state index in [4.69, 9.17) is 0 Å². The fourth-order valence-electron chi connectivity index (χ4n) is 2.55. The number of benzene rings is 2. The van der Waals surface area contributed by atoms with Crippen molar-refractivity contribution in [3.8, 4) is 0 Å². The minimum Gasteiger partial charge on any atom is -0.369 e. The monoisotopic (exact) mass is 382 g/mol. The number of sulfonamides is 1. The van der Waals surface area contributed by atoms with E-state index in [1.807, 2.05) is 25.1 Å². The molecule has 0 aliphatic carbocycles. The number of anilines is 2. The summed E-state index contributed by atoms with van der Waals surface area (Å²) in [6.07, 6.45) is 1.95. The maximum atomic E-state index is 12.3. The van der Waals surface area contributed by atoms with Gasteiger partial charge in [-0.1, -0.05) is 48.0 Å². The molecule has 1 aromatic heterocycles. The molecular weight excluding hydrogens is 360 g/mol. The van der Waals surface area contributed by atoms with Crippen molar-refractivity contribution in [1.82, 2.24) is 10.2 Å². The van der Waals surface area contributed by atoms with Crippen molar-refractivity contribution in [3.63, 3.8) is 0 Å². The number of rotatable bonds is 8. The molecule has 0 unspecified atom stereocenters. The summed E-state index contributed by atoms with van der Waals surface area (Å²) in [6.45, 7) is 2.67. The predicted molar refractivity (Wildman–Crippen MR) is 107 cm³/mol. The molecule has 6 nitrogen and oxygen atoms in total. The molecule has 0 aliphatic heterocycles. The van der Waals surface area contributed by atoms with Crippen molar-refractivity contribution in [3.05, 3.63) is 77.9 Å². The van der Waals surface area contributed by atoms with E-state index >= 15 is 0 Å². The van der Waals surface area contributed by atoms with Crippen molar-refractivity contribution in [1.29, 1.82) is 0 Å². The third-order valence-electron chi connectivity index (χ3n) is 4.03. The topological polar surface area (TPSA) is 84.0 Å². The first-order chi connectivity index (χ1) is 13.0. The minimum absolute atomic E-state index is 0.186. The number of nitrogens with one attached hydrogen (secondary N) is 2.